The third kappa shape index (κ3) is 4.29. The van der Waals surface area contributed by atoms with Crippen molar-refractivity contribution < 1.29 is 14.5 Å². The van der Waals surface area contributed by atoms with Crippen molar-refractivity contribution >= 4 is 34.7 Å². The Hall–Kier alpha value is -4.53. The van der Waals surface area contributed by atoms with Crippen LogP contribution in [-0.4, -0.2) is 35.8 Å². The molecule has 33 heavy (non-hydrogen) atoms. The molecule has 0 aliphatic carbocycles. The highest BCUT2D eigenvalue weighted by atomic mass is 16.6. The number of fused-ring (bicyclic) bond motifs is 1. The number of nitrogens with zero attached hydrogens (tertiary/aromatic N) is 3. The number of hydrogen-bond acceptors (Lipinski definition) is 5. The molecule has 0 aromatic heterocycles. The molecule has 0 unspecified atom stereocenters. The third-order valence-corrected chi connectivity index (χ3v) is 5.41. The summed E-state index contributed by atoms with van der Waals surface area (Å²) in [4.78, 5) is 42.7. The van der Waals surface area contributed by atoms with Gasteiger partial charge in [0.25, 0.3) is 11.6 Å². The van der Waals surface area contributed by atoms with Gasteiger partial charge in [0.05, 0.1) is 27.6 Å². The molecule has 0 spiro atoms. The number of urea groups is 1. The quantitative estimate of drug-likeness (QED) is 0.470. The second kappa shape index (κ2) is 8.91. The average Bonchev–Trinajstić information content (AvgIpc) is 2.91. The fourth-order valence-electron chi connectivity index (χ4n) is 3.68. The Bertz CT molecular complexity index is 1270. The Morgan fingerprint density at radius 2 is 1.73 bits per heavy atom. The first kappa shape index (κ1) is 21.7. The van der Waals surface area contributed by atoms with Crippen LogP contribution in [0.2, 0.25) is 0 Å². The van der Waals surface area contributed by atoms with Gasteiger partial charge in [-0.25, -0.2) is 9.79 Å². The third-order valence-electron chi connectivity index (χ3n) is 5.41. The lowest BCUT2D eigenvalue weighted by Gasteiger charge is -2.21. The molecular formula is C24H21N5O4. The van der Waals surface area contributed by atoms with Gasteiger partial charge in [-0.05, 0) is 19.1 Å². The maximum Gasteiger partial charge on any atom is 0.321 e. The van der Waals surface area contributed by atoms with Crippen LogP contribution in [0.4, 0.5) is 21.9 Å². The largest absolute Gasteiger partial charge is 0.321 e. The highest BCUT2D eigenvalue weighted by Crippen LogP contribution is 2.28. The minimum absolute atomic E-state index is 0.113. The Morgan fingerprint density at radius 1 is 1.03 bits per heavy atom. The lowest BCUT2D eigenvalue weighted by molar-refractivity contribution is -0.385. The predicted octanol–water partition coefficient (Wildman–Crippen LogP) is 3.86. The summed E-state index contributed by atoms with van der Waals surface area (Å²) in [7, 11) is 1.63. The van der Waals surface area contributed by atoms with E-state index in [0.717, 1.165) is 11.1 Å². The molecule has 0 saturated carbocycles. The van der Waals surface area contributed by atoms with Crippen molar-refractivity contribution in [2.75, 3.05) is 17.3 Å². The number of para-hydroxylation sites is 1. The number of nitro groups is 1. The molecule has 2 N–H and O–H groups in total. The van der Waals surface area contributed by atoms with Crippen molar-refractivity contribution in [1.29, 1.82) is 0 Å². The monoisotopic (exact) mass is 443 g/mol. The van der Waals surface area contributed by atoms with E-state index in [1.165, 1.54) is 17.0 Å². The van der Waals surface area contributed by atoms with Gasteiger partial charge >= 0.3 is 6.03 Å². The van der Waals surface area contributed by atoms with E-state index in [4.69, 9.17) is 0 Å². The van der Waals surface area contributed by atoms with E-state index in [1.807, 2.05) is 54.6 Å². The van der Waals surface area contributed by atoms with Crippen molar-refractivity contribution in [3.8, 4) is 0 Å². The van der Waals surface area contributed by atoms with Crippen LogP contribution in [0.1, 0.15) is 16.7 Å². The molecule has 1 aliphatic rings. The molecule has 0 bridgehead atoms. The zero-order valence-electron chi connectivity index (χ0n) is 18.0. The van der Waals surface area contributed by atoms with Crippen LogP contribution in [-0.2, 0) is 4.79 Å². The van der Waals surface area contributed by atoms with E-state index in [-0.39, 0.29) is 11.4 Å². The van der Waals surface area contributed by atoms with Gasteiger partial charge in [0.2, 0.25) is 6.17 Å². The fourth-order valence-corrected chi connectivity index (χ4v) is 3.68. The molecule has 9 heteroatoms. The molecule has 3 aromatic rings. The second-order valence-electron chi connectivity index (χ2n) is 7.47. The molecule has 1 atom stereocenters. The normalized spacial score (nSPS) is 15.2. The number of benzene rings is 3. The smallest absolute Gasteiger partial charge is 0.311 e. The van der Waals surface area contributed by atoms with Crippen molar-refractivity contribution in [3.63, 3.8) is 0 Å². The molecule has 0 radical (unpaired) electrons. The van der Waals surface area contributed by atoms with Crippen LogP contribution in [0.3, 0.4) is 0 Å². The Kier molecular flexibility index (Phi) is 5.86. The molecule has 0 saturated heterocycles. The average molecular weight is 443 g/mol. The fraction of sp³-hybridized carbons (Fsp3) is 0.125. The first-order valence-electron chi connectivity index (χ1n) is 10.2. The van der Waals surface area contributed by atoms with Crippen molar-refractivity contribution in [1.82, 2.24) is 5.32 Å². The summed E-state index contributed by atoms with van der Waals surface area (Å²) in [5, 5.41) is 16.4. The molecule has 9 nitrogen and oxygen atoms in total. The lowest BCUT2D eigenvalue weighted by Crippen LogP contribution is -2.47. The summed E-state index contributed by atoms with van der Waals surface area (Å²) in [6, 6.07) is 20.5. The van der Waals surface area contributed by atoms with Crippen LogP contribution >= 0.6 is 0 Å². The van der Waals surface area contributed by atoms with Crippen LogP contribution < -0.4 is 15.5 Å². The Morgan fingerprint density at radius 3 is 2.45 bits per heavy atom. The summed E-state index contributed by atoms with van der Waals surface area (Å²) in [6.45, 7) is 1.54. The van der Waals surface area contributed by atoms with E-state index in [9.17, 15) is 19.7 Å². The molecule has 3 aromatic carbocycles. The van der Waals surface area contributed by atoms with Crippen LogP contribution in [0.15, 0.2) is 77.8 Å². The molecule has 1 heterocycles. The number of hydrogen-bond donors (Lipinski definition) is 2. The zero-order chi connectivity index (χ0) is 23.5. The van der Waals surface area contributed by atoms with Crippen LogP contribution in [0.25, 0.3) is 0 Å². The van der Waals surface area contributed by atoms with Gasteiger partial charge in [0.1, 0.15) is 0 Å². The molecule has 3 amide bonds. The molecule has 1 aliphatic heterocycles. The van der Waals surface area contributed by atoms with E-state index in [1.54, 1.807) is 20.0 Å². The number of rotatable bonds is 4. The number of anilines is 2. The number of amides is 3. The topological polar surface area (TPSA) is 117 Å². The first-order valence-corrected chi connectivity index (χ1v) is 10.2. The first-order chi connectivity index (χ1) is 15.9. The highest BCUT2D eigenvalue weighted by Gasteiger charge is 2.31. The van der Waals surface area contributed by atoms with E-state index in [2.05, 4.69) is 15.6 Å². The molecule has 166 valence electrons. The van der Waals surface area contributed by atoms with Gasteiger partial charge in [0.15, 0.2) is 0 Å². The van der Waals surface area contributed by atoms with E-state index >= 15 is 0 Å². The molecule has 0 fully saturated rings. The Balaban J connectivity index is 1.68. The van der Waals surface area contributed by atoms with Gasteiger partial charge in [-0.3, -0.25) is 14.9 Å². The number of nitro benzene ring substituents is 1. The van der Waals surface area contributed by atoms with Gasteiger partial charge in [-0.1, -0.05) is 54.6 Å². The summed E-state index contributed by atoms with van der Waals surface area (Å²) < 4.78 is 0. The van der Waals surface area contributed by atoms with Gasteiger partial charge in [-0.15, -0.1) is 0 Å². The summed E-state index contributed by atoms with van der Waals surface area (Å²) in [6.07, 6.45) is -1.20. The minimum atomic E-state index is -1.20. The maximum atomic E-state index is 13.2. The number of nitrogens with one attached hydrogen (secondary N) is 2. The van der Waals surface area contributed by atoms with Crippen molar-refractivity contribution in [2.45, 2.75) is 13.1 Å². The number of carbonyl (C=O) groups is 2. The van der Waals surface area contributed by atoms with Crippen LogP contribution in [0.5, 0.6) is 0 Å². The molecular weight excluding hydrogens is 422 g/mol. The second-order valence-corrected chi connectivity index (χ2v) is 7.47. The van der Waals surface area contributed by atoms with Gasteiger partial charge in [-0.2, -0.15) is 0 Å². The van der Waals surface area contributed by atoms with Crippen LogP contribution in [0, 0.1) is 17.0 Å². The Labute approximate surface area is 189 Å². The highest BCUT2D eigenvalue weighted by molar-refractivity contribution is 6.20. The van der Waals surface area contributed by atoms with E-state index < -0.39 is 23.0 Å². The van der Waals surface area contributed by atoms with Gasteiger partial charge in [0, 0.05) is 24.2 Å². The van der Waals surface area contributed by atoms with Crippen molar-refractivity contribution in [2.24, 2.45) is 4.99 Å². The van der Waals surface area contributed by atoms with Gasteiger partial charge < -0.3 is 15.5 Å². The minimum Gasteiger partial charge on any atom is -0.311 e. The molecule has 4 rings (SSSR count). The zero-order valence-corrected chi connectivity index (χ0v) is 18.0. The number of carbonyl (C=O) groups excluding carboxylic acids is 2. The standard InChI is InChI=1S/C24H21N5O4/c1-15-18(12-8-14-19(15)29(32)33)25-24(31)27-22-23(30)28(2)20-13-7-6-11-17(20)21(26-22)16-9-4-3-5-10-16/h3-14,22H,1-2H3,(H2,25,27,31)/t22-/m0/s1. The van der Waals surface area contributed by atoms with Crippen molar-refractivity contribution in [3.05, 3.63) is 99.6 Å². The number of benzodiazepines with no additional fused rings is 1. The number of likely N-dealkylation sites (N-methyl/N-ethyl adjacent to an activating group) is 1. The summed E-state index contributed by atoms with van der Waals surface area (Å²) >= 11 is 0. The SMILES string of the molecule is Cc1c(NC(=O)N[C@@H]2N=C(c3ccccc3)c3ccccc3N(C)C2=O)cccc1[N+](=O)[O-]. The summed E-state index contributed by atoms with van der Waals surface area (Å²) in [5.74, 6) is -0.417. The number of aliphatic imine (C=N–C) groups is 1. The predicted molar refractivity (Wildman–Crippen MR) is 126 cm³/mol. The van der Waals surface area contributed by atoms with E-state index in [0.29, 0.717) is 17.0 Å². The summed E-state index contributed by atoms with van der Waals surface area (Å²) in [5.41, 5.74) is 3.27. The lowest BCUT2D eigenvalue weighted by atomic mass is 10.0. The maximum absolute atomic E-state index is 13.2.